The van der Waals surface area contributed by atoms with Crippen LogP contribution in [0.5, 0.6) is 0 Å². The lowest BCUT2D eigenvalue weighted by atomic mass is 9.71. The third kappa shape index (κ3) is 0.798. The number of methoxy groups -OCH3 is 1. The van der Waals surface area contributed by atoms with Gasteiger partial charge < -0.3 is 9.84 Å². The van der Waals surface area contributed by atoms with Crippen molar-refractivity contribution >= 4 is 11.9 Å². The SMILES string of the molecule is COC(=O)C1=C(C(=O)O)[C@@H]2[C@H]3[C@@H]1[C@H]1[C@@H]4C=C[C@H]([C@H]43)[C@H]21. The zero-order valence-corrected chi connectivity index (χ0v) is 10.4. The number of carbonyl (C=O) groups excluding carboxylic acids is 1. The van der Waals surface area contributed by atoms with E-state index in [0.717, 1.165) is 0 Å². The number of allylic oxidation sites excluding steroid dienone is 2. The Hall–Kier alpha value is -1.58. The van der Waals surface area contributed by atoms with Gasteiger partial charge in [0.25, 0.3) is 0 Å². The smallest absolute Gasteiger partial charge is 0.334 e. The molecule has 4 heteroatoms. The molecule has 0 unspecified atom stereocenters. The summed E-state index contributed by atoms with van der Waals surface area (Å²) in [6.07, 6.45) is 4.60. The highest BCUT2D eigenvalue weighted by Gasteiger charge is 2.79. The molecule has 0 aromatic rings. The number of ether oxygens (including phenoxy) is 1. The minimum atomic E-state index is -0.913. The molecule has 1 N–H and O–H groups in total. The van der Waals surface area contributed by atoms with E-state index in [1.165, 1.54) is 7.11 Å². The highest BCUT2D eigenvalue weighted by molar-refractivity contribution is 6.02. The summed E-state index contributed by atoms with van der Waals surface area (Å²) in [7, 11) is 1.34. The molecule has 4 nitrogen and oxygen atoms in total. The Balaban J connectivity index is 1.71. The van der Waals surface area contributed by atoms with Crippen LogP contribution in [0.3, 0.4) is 0 Å². The molecule has 6 aliphatic rings. The van der Waals surface area contributed by atoms with Gasteiger partial charge in [-0.25, -0.2) is 9.59 Å². The van der Waals surface area contributed by atoms with E-state index in [4.69, 9.17) is 4.74 Å². The molecule has 0 heterocycles. The van der Waals surface area contributed by atoms with Gasteiger partial charge in [0.1, 0.15) is 0 Å². The number of esters is 1. The van der Waals surface area contributed by atoms with Crippen molar-refractivity contribution in [3.05, 3.63) is 23.3 Å². The summed E-state index contributed by atoms with van der Waals surface area (Å²) in [5.41, 5.74) is 0.872. The first-order chi connectivity index (χ1) is 9.16. The normalized spacial score (nSPS) is 53.7. The molecule has 98 valence electrons. The van der Waals surface area contributed by atoms with Crippen LogP contribution in [0.15, 0.2) is 23.3 Å². The fourth-order valence-electron chi connectivity index (χ4n) is 6.48. The zero-order valence-electron chi connectivity index (χ0n) is 10.4. The Kier molecular flexibility index (Phi) is 1.50. The number of carbonyl (C=O) groups is 2. The van der Waals surface area contributed by atoms with Gasteiger partial charge in [0.2, 0.25) is 0 Å². The number of carboxylic acid groups (broad SMARTS) is 1. The Bertz CT molecular complexity index is 601. The van der Waals surface area contributed by atoms with Crippen molar-refractivity contribution in [2.24, 2.45) is 47.3 Å². The van der Waals surface area contributed by atoms with Gasteiger partial charge in [0.15, 0.2) is 0 Å². The largest absolute Gasteiger partial charge is 0.478 e. The summed E-state index contributed by atoms with van der Waals surface area (Å²) in [6, 6.07) is 0. The van der Waals surface area contributed by atoms with Crippen molar-refractivity contribution in [3.8, 4) is 0 Å². The Morgan fingerprint density at radius 1 is 1.00 bits per heavy atom. The fraction of sp³-hybridized carbons (Fsp3) is 0.600. The van der Waals surface area contributed by atoms with E-state index in [1.54, 1.807) is 0 Å². The molecule has 4 saturated carbocycles. The summed E-state index contributed by atoms with van der Waals surface area (Å²) in [5.74, 6) is 2.08. The molecule has 6 aliphatic carbocycles. The van der Waals surface area contributed by atoms with Gasteiger partial charge in [-0.05, 0) is 47.3 Å². The lowest BCUT2D eigenvalue weighted by molar-refractivity contribution is -0.139. The third-order valence-corrected chi connectivity index (χ3v) is 6.47. The summed E-state index contributed by atoms with van der Waals surface area (Å²) in [5, 5.41) is 9.50. The van der Waals surface area contributed by atoms with Gasteiger partial charge in [0.05, 0.1) is 18.3 Å². The van der Waals surface area contributed by atoms with Gasteiger partial charge >= 0.3 is 11.9 Å². The molecular weight excluding hydrogens is 244 g/mol. The van der Waals surface area contributed by atoms with Crippen molar-refractivity contribution in [2.75, 3.05) is 7.11 Å². The van der Waals surface area contributed by atoms with E-state index in [1.807, 2.05) is 0 Å². The summed E-state index contributed by atoms with van der Waals surface area (Å²) in [4.78, 5) is 23.6. The number of hydrogen-bond acceptors (Lipinski definition) is 3. The van der Waals surface area contributed by atoms with Crippen LogP contribution in [-0.4, -0.2) is 24.2 Å². The van der Waals surface area contributed by atoms with Crippen molar-refractivity contribution in [3.63, 3.8) is 0 Å². The van der Waals surface area contributed by atoms with Crippen LogP contribution in [0, 0.1) is 47.3 Å². The molecule has 0 saturated heterocycles. The van der Waals surface area contributed by atoms with E-state index in [-0.39, 0.29) is 11.8 Å². The predicted molar refractivity (Wildman–Crippen MR) is 63.7 cm³/mol. The van der Waals surface area contributed by atoms with Crippen LogP contribution < -0.4 is 0 Å². The van der Waals surface area contributed by atoms with Gasteiger partial charge in [0, 0.05) is 0 Å². The molecule has 8 bridgehead atoms. The Labute approximate surface area is 110 Å². The van der Waals surface area contributed by atoms with E-state index >= 15 is 0 Å². The molecule has 0 spiro atoms. The van der Waals surface area contributed by atoms with E-state index < -0.39 is 11.9 Å². The van der Waals surface area contributed by atoms with Crippen molar-refractivity contribution < 1.29 is 19.4 Å². The van der Waals surface area contributed by atoms with Crippen LogP contribution in [0.1, 0.15) is 0 Å². The van der Waals surface area contributed by atoms with Gasteiger partial charge in [-0.15, -0.1) is 0 Å². The first-order valence-electron chi connectivity index (χ1n) is 6.90. The fourth-order valence-corrected chi connectivity index (χ4v) is 6.48. The third-order valence-electron chi connectivity index (χ3n) is 6.47. The first-order valence-corrected chi connectivity index (χ1v) is 6.90. The van der Waals surface area contributed by atoms with Crippen LogP contribution >= 0.6 is 0 Å². The minimum Gasteiger partial charge on any atom is -0.478 e. The van der Waals surface area contributed by atoms with Gasteiger partial charge in [-0.2, -0.15) is 0 Å². The molecule has 0 amide bonds. The summed E-state index contributed by atoms with van der Waals surface area (Å²) < 4.78 is 4.84. The maximum Gasteiger partial charge on any atom is 0.334 e. The highest BCUT2D eigenvalue weighted by atomic mass is 16.5. The summed E-state index contributed by atoms with van der Waals surface area (Å²) >= 11 is 0. The second kappa shape index (κ2) is 2.79. The number of aliphatic carboxylic acids is 1. The monoisotopic (exact) mass is 258 g/mol. The first kappa shape index (κ1) is 10.2. The lowest BCUT2D eigenvalue weighted by Crippen LogP contribution is -2.32. The van der Waals surface area contributed by atoms with E-state index in [2.05, 4.69) is 12.2 Å². The maximum absolute atomic E-state index is 12.0. The highest BCUT2D eigenvalue weighted by Crippen LogP contribution is 2.81. The molecule has 19 heavy (non-hydrogen) atoms. The molecule has 0 aliphatic heterocycles. The van der Waals surface area contributed by atoms with Crippen LogP contribution in [0.2, 0.25) is 0 Å². The molecule has 6 rings (SSSR count). The lowest BCUT2D eigenvalue weighted by Gasteiger charge is -2.32. The van der Waals surface area contributed by atoms with Crippen molar-refractivity contribution in [1.82, 2.24) is 0 Å². The molecule has 0 radical (unpaired) electrons. The maximum atomic E-state index is 12.0. The standard InChI is InChI=1S/C15H14O4/c1-19-15(18)13-11-8-5-3-2-4-6(5)9(11)10(7(4)8)12(13)14(16)17/h2-11H,1H3,(H,16,17)/t4-,5-,6-,7+,8+,9+,10+,11+/m1/s1. The summed E-state index contributed by atoms with van der Waals surface area (Å²) in [6.45, 7) is 0. The van der Waals surface area contributed by atoms with E-state index in [9.17, 15) is 14.7 Å². The van der Waals surface area contributed by atoms with Crippen molar-refractivity contribution in [1.29, 1.82) is 0 Å². The minimum absolute atomic E-state index is 0.109. The molecule has 4 fully saturated rings. The second-order valence-electron chi connectivity index (χ2n) is 6.52. The molecule has 0 aromatic carbocycles. The number of rotatable bonds is 2. The van der Waals surface area contributed by atoms with Crippen LogP contribution in [0.4, 0.5) is 0 Å². The predicted octanol–water partition coefficient (Wildman–Crippen LogP) is 1.09. The number of hydrogen-bond donors (Lipinski definition) is 1. The van der Waals surface area contributed by atoms with Gasteiger partial charge in [-0.3, -0.25) is 0 Å². The molecule has 8 atom stereocenters. The average molecular weight is 258 g/mol. The average Bonchev–Trinajstić information content (AvgIpc) is 3.15. The number of carboxylic acids is 1. The van der Waals surface area contributed by atoms with Crippen molar-refractivity contribution in [2.45, 2.75) is 0 Å². The molecule has 0 aromatic heterocycles. The van der Waals surface area contributed by atoms with E-state index in [0.29, 0.717) is 46.7 Å². The zero-order chi connectivity index (χ0) is 13.0. The molecular formula is C15H14O4. The van der Waals surface area contributed by atoms with Gasteiger partial charge in [-0.1, -0.05) is 12.2 Å². The quantitative estimate of drug-likeness (QED) is 0.595. The second-order valence-corrected chi connectivity index (χ2v) is 6.52. The topological polar surface area (TPSA) is 63.6 Å². The van der Waals surface area contributed by atoms with Crippen LogP contribution in [-0.2, 0) is 14.3 Å². The van der Waals surface area contributed by atoms with Crippen LogP contribution in [0.25, 0.3) is 0 Å². The Morgan fingerprint density at radius 2 is 1.58 bits per heavy atom. The Morgan fingerprint density at radius 3 is 2.11 bits per heavy atom.